The molecule has 1 fully saturated rings. The van der Waals surface area contributed by atoms with Gasteiger partial charge in [-0.2, -0.15) is 0 Å². The number of hydrogen-bond acceptors (Lipinski definition) is 12. The molecule has 2 amide bonds. The number of carbonyl (C=O) groups is 6. The van der Waals surface area contributed by atoms with E-state index in [1.54, 1.807) is 84.0 Å². The van der Waals surface area contributed by atoms with Crippen LogP contribution in [-0.4, -0.2) is 72.7 Å². The number of anilines is 1. The Morgan fingerprint density at radius 3 is 1.71 bits per heavy atom. The van der Waals surface area contributed by atoms with Gasteiger partial charge in [0.25, 0.3) is 11.2 Å². The number of allylic oxidation sites excluding steroid dienone is 4. The summed E-state index contributed by atoms with van der Waals surface area (Å²) in [5, 5.41) is 5.13. The molecule has 4 rings (SSSR count). The van der Waals surface area contributed by atoms with Crippen molar-refractivity contribution in [1.82, 2.24) is 5.32 Å². The van der Waals surface area contributed by atoms with Crippen LogP contribution in [-0.2, 0) is 42.8 Å². The van der Waals surface area contributed by atoms with Crippen LogP contribution in [0, 0.1) is 0 Å². The number of carbonyl (C=O) groups excluding carboxylic acids is 6. The monoisotopic (exact) mass is 718 g/mol. The first-order valence-electron chi connectivity index (χ1n) is 16.2. The molecule has 0 aromatic heterocycles. The van der Waals surface area contributed by atoms with Crippen LogP contribution in [0.1, 0.15) is 69.8 Å². The molecular weight excluding hydrogens is 676 g/mol. The van der Waals surface area contributed by atoms with Crippen LogP contribution >= 0.6 is 0 Å². The molecule has 52 heavy (non-hydrogen) atoms. The second-order valence-electron chi connectivity index (χ2n) is 13.8. The largest absolute Gasteiger partial charge is 0.466 e. The van der Waals surface area contributed by atoms with Crippen molar-refractivity contribution < 1.29 is 57.2 Å². The number of methoxy groups -OCH3 is 2. The normalized spacial score (nSPS) is 20.8. The molecule has 3 unspecified atom stereocenters. The van der Waals surface area contributed by atoms with Gasteiger partial charge in [-0.15, -0.1) is 0 Å². The molecule has 0 heterocycles. The Kier molecular flexibility index (Phi) is 11.3. The first-order valence-corrected chi connectivity index (χ1v) is 16.2. The summed E-state index contributed by atoms with van der Waals surface area (Å²) >= 11 is 0. The van der Waals surface area contributed by atoms with Gasteiger partial charge in [0.15, 0.2) is 0 Å². The van der Waals surface area contributed by atoms with Crippen LogP contribution in [0.25, 0.3) is 0 Å². The van der Waals surface area contributed by atoms with Gasteiger partial charge in [-0.25, -0.2) is 28.8 Å². The third-order valence-electron chi connectivity index (χ3n) is 7.67. The van der Waals surface area contributed by atoms with Crippen molar-refractivity contribution in [2.24, 2.45) is 0 Å². The van der Waals surface area contributed by atoms with Crippen molar-refractivity contribution in [3.63, 3.8) is 0 Å². The van der Waals surface area contributed by atoms with Crippen LogP contribution in [0.5, 0.6) is 0 Å². The third kappa shape index (κ3) is 8.50. The maximum absolute atomic E-state index is 13.9. The predicted octanol–water partition coefficient (Wildman–Crippen LogP) is 5.65. The van der Waals surface area contributed by atoms with E-state index >= 15 is 0 Å². The number of nitrogens with one attached hydrogen (secondary N) is 2. The number of hydrogen-bond donors (Lipinski definition) is 2. The Balaban J connectivity index is 1.70. The van der Waals surface area contributed by atoms with Gasteiger partial charge >= 0.3 is 36.1 Å². The standard InChI is InChI=1S/C38H42N2O12/c1-35(2,3)51-33(45)39-26-16-12-15-24(17-20-26)29(41)49-37(31(43)47-7)28(23-13-10-9-11-14-23)38(37,32(44)48-8)50-30(42)25-18-21-27(22-19-25)40-34(46)52-36(4,5)6/h9-14,16-22,28H,15H2,1-8H3,(H,39,45)(H,40,46). The molecule has 1 saturated carbocycles. The Bertz CT molecular complexity index is 1820. The summed E-state index contributed by atoms with van der Waals surface area (Å²) in [4.78, 5) is 79.7. The summed E-state index contributed by atoms with van der Waals surface area (Å²) in [6.07, 6.45) is 4.50. The molecule has 0 bridgehead atoms. The van der Waals surface area contributed by atoms with Crippen LogP contribution in [0.15, 0.2) is 90.2 Å². The summed E-state index contributed by atoms with van der Waals surface area (Å²) in [6.45, 7) is 10.3. The zero-order valence-corrected chi connectivity index (χ0v) is 30.2. The van der Waals surface area contributed by atoms with Crippen molar-refractivity contribution in [2.75, 3.05) is 19.5 Å². The van der Waals surface area contributed by atoms with E-state index in [0.29, 0.717) is 16.9 Å². The van der Waals surface area contributed by atoms with E-state index in [0.717, 1.165) is 14.2 Å². The zero-order chi connectivity index (χ0) is 38.5. The minimum atomic E-state index is -2.53. The van der Waals surface area contributed by atoms with E-state index in [4.69, 9.17) is 28.4 Å². The molecule has 0 spiro atoms. The number of ether oxygens (including phenoxy) is 6. The van der Waals surface area contributed by atoms with Crippen LogP contribution in [0.3, 0.4) is 0 Å². The SMILES string of the molecule is COC(=O)C1(OC(=O)C2=CC=C(NC(=O)OC(C)(C)C)C=CC2)C(c2ccccc2)C1(OC(=O)c1ccc(NC(=O)OC(C)(C)C)cc1)C(=O)OC. The van der Waals surface area contributed by atoms with Gasteiger partial charge in [-0.3, -0.25) is 10.6 Å². The lowest BCUT2D eigenvalue weighted by Crippen LogP contribution is -2.47. The highest BCUT2D eigenvalue weighted by Crippen LogP contribution is 2.67. The molecule has 276 valence electrons. The Hall–Kier alpha value is -5.92. The second kappa shape index (κ2) is 15.1. The molecule has 2 N–H and O–H groups in total. The second-order valence-corrected chi connectivity index (χ2v) is 13.8. The Morgan fingerprint density at radius 1 is 0.673 bits per heavy atom. The lowest BCUT2D eigenvalue weighted by Gasteiger charge is -2.22. The van der Waals surface area contributed by atoms with Gasteiger partial charge in [0, 0.05) is 17.0 Å². The van der Waals surface area contributed by atoms with Gasteiger partial charge in [-0.05, 0) is 96.0 Å². The van der Waals surface area contributed by atoms with Crippen molar-refractivity contribution in [3.8, 4) is 0 Å². The molecule has 0 saturated heterocycles. The molecule has 3 atom stereocenters. The predicted molar refractivity (Wildman–Crippen MR) is 186 cm³/mol. The number of esters is 4. The highest BCUT2D eigenvalue weighted by atomic mass is 16.7. The lowest BCUT2D eigenvalue weighted by molar-refractivity contribution is -0.180. The molecule has 0 radical (unpaired) electrons. The zero-order valence-electron chi connectivity index (χ0n) is 30.2. The van der Waals surface area contributed by atoms with E-state index in [-0.39, 0.29) is 17.6 Å². The summed E-state index contributed by atoms with van der Waals surface area (Å²) < 4.78 is 32.5. The van der Waals surface area contributed by atoms with Crippen molar-refractivity contribution in [3.05, 3.63) is 101 Å². The molecule has 0 aliphatic heterocycles. The average Bonchev–Trinajstić information content (AvgIpc) is 3.72. The smallest absolute Gasteiger partial charge is 0.412 e. The third-order valence-corrected chi connectivity index (χ3v) is 7.67. The molecule has 2 aromatic rings. The highest BCUT2D eigenvalue weighted by Gasteiger charge is 2.93. The fourth-order valence-corrected chi connectivity index (χ4v) is 5.54. The van der Waals surface area contributed by atoms with Crippen LogP contribution in [0.2, 0.25) is 0 Å². The van der Waals surface area contributed by atoms with Crippen molar-refractivity contribution >= 4 is 41.8 Å². The summed E-state index contributed by atoms with van der Waals surface area (Å²) in [5.41, 5.74) is -5.70. The minimum Gasteiger partial charge on any atom is -0.466 e. The van der Waals surface area contributed by atoms with Gasteiger partial charge < -0.3 is 28.4 Å². The topological polar surface area (TPSA) is 182 Å². The van der Waals surface area contributed by atoms with Gasteiger partial charge in [-0.1, -0.05) is 36.4 Å². The summed E-state index contributed by atoms with van der Waals surface area (Å²) in [5.74, 6) is -5.88. The van der Waals surface area contributed by atoms with Crippen molar-refractivity contribution in [1.29, 1.82) is 0 Å². The molecule has 2 aliphatic rings. The van der Waals surface area contributed by atoms with E-state index in [1.165, 1.54) is 36.4 Å². The quantitative estimate of drug-likeness (QED) is 0.241. The fraction of sp³-hybridized carbons (Fsp3) is 0.368. The first kappa shape index (κ1) is 38.9. The van der Waals surface area contributed by atoms with E-state index < -0.39 is 64.4 Å². The van der Waals surface area contributed by atoms with Gasteiger partial charge in [0.2, 0.25) is 0 Å². The number of rotatable bonds is 9. The minimum absolute atomic E-state index is 0.00319. The average molecular weight is 719 g/mol. The Labute approximate surface area is 301 Å². The molecule has 14 nitrogen and oxygen atoms in total. The summed E-state index contributed by atoms with van der Waals surface area (Å²) in [7, 11) is 2.06. The maximum atomic E-state index is 13.9. The van der Waals surface area contributed by atoms with Gasteiger partial charge in [0.05, 0.1) is 25.7 Å². The van der Waals surface area contributed by atoms with Crippen LogP contribution in [0.4, 0.5) is 15.3 Å². The molecular formula is C38H42N2O12. The van der Waals surface area contributed by atoms with Crippen LogP contribution < -0.4 is 10.6 Å². The highest BCUT2D eigenvalue weighted by molar-refractivity contribution is 6.08. The number of benzene rings is 2. The van der Waals surface area contributed by atoms with Crippen molar-refractivity contribution in [2.45, 2.75) is 76.3 Å². The number of amides is 2. The van der Waals surface area contributed by atoms with E-state index in [2.05, 4.69) is 10.6 Å². The first-order chi connectivity index (χ1) is 24.4. The number of alkyl carbamates (subject to hydrolysis) is 1. The molecule has 2 aromatic carbocycles. The fourth-order valence-electron chi connectivity index (χ4n) is 5.54. The lowest BCUT2D eigenvalue weighted by atomic mass is 10.1. The molecule has 14 heteroatoms. The summed E-state index contributed by atoms with van der Waals surface area (Å²) in [6, 6.07) is 13.5. The molecule has 2 aliphatic carbocycles. The van der Waals surface area contributed by atoms with E-state index in [9.17, 15) is 28.8 Å². The van der Waals surface area contributed by atoms with E-state index in [1.807, 2.05) is 0 Å². The maximum Gasteiger partial charge on any atom is 0.412 e. The Morgan fingerprint density at radius 2 is 1.19 bits per heavy atom. The van der Waals surface area contributed by atoms with Gasteiger partial charge in [0.1, 0.15) is 11.2 Å².